The Bertz CT molecular complexity index is 1400. The first-order valence-corrected chi connectivity index (χ1v) is 13.9. The number of piperazine rings is 1. The molecule has 1 saturated carbocycles. The van der Waals surface area contributed by atoms with Gasteiger partial charge >= 0.3 is 0 Å². The van der Waals surface area contributed by atoms with E-state index in [-0.39, 0.29) is 11.2 Å². The molecule has 2 aliphatic heterocycles. The van der Waals surface area contributed by atoms with E-state index >= 15 is 0 Å². The maximum absolute atomic E-state index is 14.1. The molecule has 0 radical (unpaired) electrons. The number of anilines is 1. The Balaban J connectivity index is 1.33. The number of fused-ring (bicyclic) bond motifs is 6. The maximum atomic E-state index is 14.1. The molecular formula is C31H36N4O2. The molecule has 3 aromatic rings. The van der Waals surface area contributed by atoms with Gasteiger partial charge in [-0.3, -0.25) is 14.7 Å². The van der Waals surface area contributed by atoms with E-state index in [0.29, 0.717) is 13.2 Å². The molecule has 1 aromatic heterocycles. The van der Waals surface area contributed by atoms with Gasteiger partial charge in [0.25, 0.3) is 0 Å². The summed E-state index contributed by atoms with van der Waals surface area (Å²) in [5, 5.41) is 1.01. The lowest BCUT2D eigenvalue weighted by Crippen LogP contribution is -2.52. The van der Waals surface area contributed by atoms with Crippen molar-refractivity contribution in [1.82, 2.24) is 9.88 Å². The van der Waals surface area contributed by atoms with Crippen LogP contribution in [0.2, 0.25) is 0 Å². The van der Waals surface area contributed by atoms with Crippen LogP contribution in [0.4, 0.5) is 5.69 Å². The van der Waals surface area contributed by atoms with E-state index in [2.05, 4.69) is 57.0 Å². The first kappa shape index (κ1) is 23.2. The number of carbonyl (C=O) groups is 1. The van der Waals surface area contributed by atoms with Crippen molar-refractivity contribution in [2.45, 2.75) is 50.5 Å². The second-order valence-electron chi connectivity index (χ2n) is 11.4. The van der Waals surface area contributed by atoms with Crippen molar-refractivity contribution in [1.29, 1.82) is 0 Å². The molecule has 3 fully saturated rings. The van der Waals surface area contributed by atoms with Gasteiger partial charge in [0.15, 0.2) is 5.78 Å². The number of rotatable bonds is 3. The first-order chi connectivity index (χ1) is 18.1. The third-order valence-electron chi connectivity index (χ3n) is 9.50. The number of aliphatic imine (C=N–C) groups is 1. The molecule has 1 spiro atoms. The predicted octanol–water partition coefficient (Wildman–Crippen LogP) is 4.84. The number of nitrogens with zero attached hydrogens (tertiary/aromatic N) is 3. The van der Waals surface area contributed by atoms with E-state index in [4.69, 9.17) is 4.74 Å². The lowest BCUT2D eigenvalue weighted by atomic mass is 9.64. The van der Waals surface area contributed by atoms with Crippen molar-refractivity contribution >= 4 is 28.6 Å². The zero-order valence-corrected chi connectivity index (χ0v) is 22.0. The van der Waals surface area contributed by atoms with E-state index < -0.39 is 0 Å². The van der Waals surface area contributed by atoms with E-state index in [1.807, 2.05) is 6.21 Å². The quantitative estimate of drug-likeness (QED) is 0.527. The normalized spacial score (nSPS) is 22.0. The molecular weight excluding hydrogens is 460 g/mol. The maximum Gasteiger partial charge on any atom is 0.195 e. The van der Waals surface area contributed by atoms with Crippen molar-refractivity contribution in [2.24, 2.45) is 4.99 Å². The molecule has 2 aliphatic carbocycles. The number of hydrogen-bond donors (Lipinski definition) is 1. The number of benzene rings is 2. The van der Waals surface area contributed by atoms with Gasteiger partial charge in [0.05, 0.1) is 5.56 Å². The predicted molar refractivity (Wildman–Crippen MR) is 149 cm³/mol. The first-order valence-electron chi connectivity index (χ1n) is 13.9. The van der Waals surface area contributed by atoms with Crippen LogP contribution < -0.4 is 4.90 Å². The van der Waals surface area contributed by atoms with Crippen LogP contribution in [0.3, 0.4) is 0 Å². The molecule has 3 heterocycles. The number of aryl methyl sites for hydroxylation is 1. The zero-order chi connectivity index (χ0) is 25.1. The molecule has 0 amide bonds. The van der Waals surface area contributed by atoms with Gasteiger partial charge < -0.3 is 14.6 Å². The number of ketones is 1. The highest BCUT2D eigenvalue weighted by molar-refractivity contribution is 6.20. The number of hydrogen-bond acceptors (Lipinski definition) is 5. The Kier molecular flexibility index (Phi) is 5.52. The smallest absolute Gasteiger partial charge is 0.195 e. The number of carbonyl (C=O) groups excluding carboxylic acids is 1. The lowest BCUT2D eigenvalue weighted by Gasteiger charge is -2.45. The summed E-state index contributed by atoms with van der Waals surface area (Å²) in [6.07, 6.45) is 7.75. The monoisotopic (exact) mass is 496 g/mol. The van der Waals surface area contributed by atoms with Crippen LogP contribution in [0.5, 0.6) is 0 Å². The van der Waals surface area contributed by atoms with Gasteiger partial charge in [-0.05, 0) is 67.5 Å². The summed E-state index contributed by atoms with van der Waals surface area (Å²) < 4.78 is 5.87. The van der Waals surface area contributed by atoms with Crippen molar-refractivity contribution < 1.29 is 9.53 Å². The summed E-state index contributed by atoms with van der Waals surface area (Å²) in [5.74, 6) is 0.148. The number of aromatic amines is 1. The molecule has 0 bridgehead atoms. The number of aromatic nitrogens is 1. The highest BCUT2D eigenvalue weighted by atomic mass is 16.5. The minimum atomic E-state index is -0.231. The fourth-order valence-corrected chi connectivity index (χ4v) is 7.25. The van der Waals surface area contributed by atoms with Crippen LogP contribution in [0.15, 0.2) is 35.3 Å². The topological polar surface area (TPSA) is 60.9 Å². The Hall–Kier alpha value is -2.96. The molecule has 6 heteroatoms. The van der Waals surface area contributed by atoms with Gasteiger partial charge in [-0.2, -0.15) is 0 Å². The average Bonchev–Trinajstić information content (AvgIpc) is 3.27. The Labute approximate surface area is 218 Å². The minimum absolute atomic E-state index is 0.148. The van der Waals surface area contributed by atoms with E-state index in [9.17, 15) is 4.79 Å². The Morgan fingerprint density at radius 1 is 1.08 bits per heavy atom. The van der Waals surface area contributed by atoms with Gasteiger partial charge in [0.2, 0.25) is 0 Å². The van der Waals surface area contributed by atoms with Gasteiger partial charge in [0, 0.05) is 92.0 Å². The van der Waals surface area contributed by atoms with Crippen LogP contribution in [-0.4, -0.2) is 74.4 Å². The van der Waals surface area contributed by atoms with E-state index in [1.54, 1.807) is 7.05 Å². The van der Waals surface area contributed by atoms with Crippen LogP contribution in [0.1, 0.15) is 70.4 Å². The molecule has 7 rings (SSSR count). The zero-order valence-electron chi connectivity index (χ0n) is 22.0. The lowest BCUT2D eigenvalue weighted by molar-refractivity contribution is 0.0602. The number of nitrogens with one attached hydrogen (secondary N) is 1. The van der Waals surface area contributed by atoms with Crippen molar-refractivity contribution in [3.05, 3.63) is 63.8 Å². The van der Waals surface area contributed by atoms with E-state index in [1.165, 1.54) is 36.1 Å². The minimum Gasteiger partial charge on any atom is -0.381 e. The fraction of sp³-hybridized carbons (Fsp3) is 0.484. The van der Waals surface area contributed by atoms with Crippen LogP contribution in [0.25, 0.3) is 10.9 Å². The fourth-order valence-electron chi connectivity index (χ4n) is 7.25. The molecule has 37 heavy (non-hydrogen) atoms. The molecule has 6 nitrogen and oxygen atoms in total. The molecule has 0 unspecified atom stereocenters. The molecule has 1 N–H and O–H groups in total. The largest absolute Gasteiger partial charge is 0.381 e. The van der Waals surface area contributed by atoms with Gasteiger partial charge in [0.1, 0.15) is 0 Å². The van der Waals surface area contributed by atoms with E-state index in [0.717, 1.165) is 78.3 Å². The summed E-state index contributed by atoms with van der Waals surface area (Å²) in [6, 6.07) is 11.6. The highest BCUT2D eigenvalue weighted by Crippen LogP contribution is 2.50. The summed E-state index contributed by atoms with van der Waals surface area (Å²) in [7, 11) is 1.79. The van der Waals surface area contributed by atoms with Gasteiger partial charge in [-0.1, -0.05) is 18.6 Å². The van der Waals surface area contributed by atoms with Crippen molar-refractivity contribution in [2.75, 3.05) is 51.3 Å². The molecule has 4 aliphatic rings. The van der Waals surface area contributed by atoms with Crippen molar-refractivity contribution in [3.8, 4) is 0 Å². The highest BCUT2D eigenvalue weighted by Gasteiger charge is 2.47. The average molecular weight is 497 g/mol. The molecule has 192 valence electrons. The summed E-state index contributed by atoms with van der Waals surface area (Å²) in [5.41, 5.74) is 8.33. The van der Waals surface area contributed by atoms with Gasteiger partial charge in [-0.15, -0.1) is 0 Å². The third-order valence-corrected chi connectivity index (χ3v) is 9.50. The Morgan fingerprint density at radius 2 is 1.86 bits per heavy atom. The second kappa shape index (κ2) is 8.81. The van der Waals surface area contributed by atoms with Crippen LogP contribution in [-0.2, 0) is 10.2 Å². The summed E-state index contributed by atoms with van der Waals surface area (Å²) >= 11 is 0. The SMILES string of the molecule is C/N=C\c1ccc2c3c([nH]c2c1)C1(CCOCC1)c1cc(N2CCN(C4CCC4)CC2)c(C)cc1C3=O. The second-order valence-corrected chi connectivity index (χ2v) is 11.4. The standard InChI is InChI=1S/C31H36N4O2/c1-20-16-24-25(18-27(20)35-12-10-34(11-13-35)22-4-3-5-22)31(8-14-37-15-9-31)30-28(29(24)36)23-7-6-21(19-32-2)17-26(23)33-30/h6-7,16-19,22,33H,3-5,8-15H2,1-2H3/b32-19-. The summed E-state index contributed by atoms with van der Waals surface area (Å²) in [6.45, 7) is 7.97. The molecule has 0 atom stereocenters. The third kappa shape index (κ3) is 3.52. The molecule has 2 aromatic carbocycles. The summed E-state index contributed by atoms with van der Waals surface area (Å²) in [4.78, 5) is 27.3. The molecule has 2 saturated heterocycles. The number of H-pyrrole nitrogens is 1. The number of ether oxygens (including phenoxy) is 1. The van der Waals surface area contributed by atoms with Crippen molar-refractivity contribution in [3.63, 3.8) is 0 Å². The Morgan fingerprint density at radius 3 is 2.57 bits per heavy atom. The van der Waals surface area contributed by atoms with Crippen LogP contribution in [0, 0.1) is 6.92 Å². The van der Waals surface area contributed by atoms with Crippen LogP contribution >= 0.6 is 0 Å². The van der Waals surface area contributed by atoms with Gasteiger partial charge in [-0.25, -0.2) is 0 Å².